The Balaban J connectivity index is 1.39. The van der Waals surface area contributed by atoms with Gasteiger partial charge in [0.1, 0.15) is 23.1 Å². The van der Waals surface area contributed by atoms with Gasteiger partial charge in [-0.1, -0.05) is 23.2 Å². The van der Waals surface area contributed by atoms with Crippen LogP contribution in [-0.4, -0.2) is 47.2 Å². The summed E-state index contributed by atoms with van der Waals surface area (Å²) in [4.78, 5) is 37.3. The van der Waals surface area contributed by atoms with Crippen molar-refractivity contribution in [3.63, 3.8) is 0 Å². The molecular weight excluding hydrogens is 533 g/mol. The largest absolute Gasteiger partial charge is 0.484 e. The number of hydrogen-bond acceptors (Lipinski definition) is 5. The van der Waals surface area contributed by atoms with Crippen molar-refractivity contribution < 1.29 is 37.7 Å². The molecular formula is C25H22Cl2F2N2O6. The van der Waals surface area contributed by atoms with E-state index >= 15 is 0 Å². The molecule has 196 valence electrons. The summed E-state index contributed by atoms with van der Waals surface area (Å²) in [5.41, 5.74) is -2.11. The van der Waals surface area contributed by atoms with Crippen molar-refractivity contribution in [2.45, 2.75) is 36.8 Å². The minimum Gasteiger partial charge on any atom is -0.484 e. The number of hydrogen-bond donors (Lipinski definition) is 3. The van der Waals surface area contributed by atoms with Crippen LogP contribution >= 0.6 is 23.2 Å². The molecule has 3 aliphatic rings. The Kier molecular flexibility index (Phi) is 7.61. The van der Waals surface area contributed by atoms with Gasteiger partial charge in [-0.15, -0.1) is 0 Å². The Bertz CT molecular complexity index is 1280. The van der Waals surface area contributed by atoms with Crippen LogP contribution in [0.5, 0.6) is 11.5 Å². The van der Waals surface area contributed by atoms with Gasteiger partial charge < -0.3 is 25.2 Å². The second kappa shape index (κ2) is 10.5. The Morgan fingerprint density at radius 2 is 1.32 bits per heavy atom. The second-order valence-corrected chi connectivity index (χ2v) is 9.74. The molecule has 0 saturated heterocycles. The molecule has 0 heterocycles. The van der Waals surface area contributed by atoms with Gasteiger partial charge in [-0.2, -0.15) is 0 Å². The first-order valence-corrected chi connectivity index (χ1v) is 12.0. The van der Waals surface area contributed by atoms with Gasteiger partial charge in [-0.05, 0) is 56.0 Å². The first kappa shape index (κ1) is 26.7. The number of carbonyl (C=O) groups excluding carboxylic acids is 2. The maximum Gasteiger partial charge on any atom is 0.333 e. The zero-order valence-corrected chi connectivity index (χ0v) is 20.8. The van der Waals surface area contributed by atoms with Gasteiger partial charge in [0.25, 0.3) is 11.8 Å². The molecule has 3 N–H and O–H groups in total. The number of fused-ring (bicyclic) bond motifs is 2. The monoisotopic (exact) mass is 554 g/mol. The molecule has 0 spiro atoms. The van der Waals surface area contributed by atoms with Crippen LogP contribution in [0.3, 0.4) is 0 Å². The number of carboxylic acid groups (broad SMARTS) is 1. The maximum absolute atomic E-state index is 13.6. The molecule has 1 fully saturated rings. The summed E-state index contributed by atoms with van der Waals surface area (Å²) in [6.07, 6.45) is 2.72. The molecule has 1 saturated carbocycles. The zero-order valence-electron chi connectivity index (χ0n) is 19.3. The van der Waals surface area contributed by atoms with Crippen LogP contribution in [0.25, 0.3) is 0 Å². The third kappa shape index (κ3) is 5.97. The SMILES string of the molecule is O=C(COc1ccc(Cl)c(F)c1)NC12C=C(C(=O)O)C(NC(=O)COc3ccc(Cl)c(F)c3)(CC1)CC2. The number of halogens is 4. The average Bonchev–Trinajstić information content (AvgIpc) is 2.86. The summed E-state index contributed by atoms with van der Waals surface area (Å²) in [6, 6.07) is 7.53. The molecule has 8 nitrogen and oxygen atoms in total. The summed E-state index contributed by atoms with van der Waals surface area (Å²) in [6.45, 7) is -0.871. The maximum atomic E-state index is 13.6. The fourth-order valence-electron chi connectivity index (χ4n) is 4.62. The number of aliphatic carboxylic acids is 1. The highest BCUT2D eigenvalue weighted by Gasteiger charge is 2.52. The fraction of sp³-hybridized carbons (Fsp3) is 0.320. The molecule has 2 amide bonds. The van der Waals surface area contributed by atoms with Gasteiger partial charge in [0.05, 0.1) is 26.7 Å². The lowest BCUT2D eigenvalue weighted by molar-refractivity contribution is -0.135. The number of nitrogens with one attached hydrogen (secondary N) is 2. The standard InChI is InChI=1S/C25H22Cl2F2N2O6/c26-17-3-1-14(9-19(17)28)36-12-21(32)30-24-5-7-25(8-6-24,16(11-24)23(34)35)31-22(33)13-37-15-2-4-18(27)20(29)10-15/h1-4,9-11H,5-8,12-13H2,(H,30,32)(H,31,33)(H,34,35). The zero-order chi connectivity index (χ0) is 26.8. The summed E-state index contributed by atoms with van der Waals surface area (Å²) in [7, 11) is 0. The topological polar surface area (TPSA) is 114 Å². The van der Waals surface area contributed by atoms with Gasteiger partial charge in [0.15, 0.2) is 13.2 Å². The van der Waals surface area contributed by atoms with Gasteiger partial charge >= 0.3 is 5.97 Å². The number of rotatable bonds is 9. The average molecular weight is 555 g/mol. The molecule has 0 aliphatic heterocycles. The number of amides is 2. The van der Waals surface area contributed by atoms with Crippen molar-refractivity contribution in [2.75, 3.05) is 13.2 Å². The van der Waals surface area contributed by atoms with Gasteiger partial charge in [0, 0.05) is 12.1 Å². The van der Waals surface area contributed by atoms with Gasteiger partial charge in [-0.25, -0.2) is 13.6 Å². The quantitative estimate of drug-likeness (QED) is 0.431. The lowest BCUT2D eigenvalue weighted by atomic mass is 9.62. The number of carboxylic acids is 1. The van der Waals surface area contributed by atoms with E-state index < -0.39 is 53.7 Å². The molecule has 0 atom stereocenters. The van der Waals surface area contributed by atoms with Gasteiger partial charge in [-0.3, -0.25) is 9.59 Å². The summed E-state index contributed by atoms with van der Waals surface area (Å²) in [5, 5.41) is 15.3. The van der Waals surface area contributed by atoms with E-state index in [4.69, 9.17) is 32.7 Å². The Labute approximate surface area is 220 Å². The highest BCUT2D eigenvalue weighted by atomic mass is 35.5. The fourth-order valence-corrected chi connectivity index (χ4v) is 4.85. The highest BCUT2D eigenvalue weighted by molar-refractivity contribution is 6.31. The van der Waals surface area contributed by atoms with E-state index in [1.54, 1.807) is 0 Å². The van der Waals surface area contributed by atoms with Crippen LogP contribution in [0.2, 0.25) is 10.0 Å². The first-order valence-electron chi connectivity index (χ1n) is 11.3. The molecule has 12 heteroatoms. The van der Waals surface area contributed by atoms with Crippen molar-refractivity contribution in [3.8, 4) is 11.5 Å². The normalized spacial score (nSPS) is 22.1. The third-order valence-electron chi connectivity index (χ3n) is 6.45. The molecule has 37 heavy (non-hydrogen) atoms. The first-order chi connectivity index (χ1) is 17.5. The van der Waals surface area contributed by atoms with Crippen LogP contribution in [0.15, 0.2) is 48.0 Å². The lowest BCUT2D eigenvalue weighted by Crippen LogP contribution is -2.64. The van der Waals surface area contributed by atoms with Crippen LogP contribution in [-0.2, 0) is 14.4 Å². The molecule has 0 unspecified atom stereocenters. The van der Waals surface area contributed by atoms with E-state index in [1.165, 1.54) is 30.3 Å². The number of carbonyl (C=O) groups is 3. The van der Waals surface area contributed by atoms with Crippen molar-refractivity contribution in [3.05, 3.63) is 69.7 Å². The van der Waals surface area contributed by atoms with Crippen molar-refractivity contribution in [2.24, 2.45) is 0 Å². The Morgan fingerprint density at radius 3 is 1.78 bits per heavy atom. The molecule has 2 bridgehead atoms. The predicted molar refractivity (Wildman–Crippen MR) is 130 cm³/mol. The summed E-state index contributed by atoms with van der Waals surface area (Å²) < 4.78 is 37.8. The van der Waals surface area contributed by atoms with E-state index in [-0.39, 0.29) is 40.0 Å². The molecule has 5 rings (SSSR count). The molecule has 2 aromatic carbocycles. The van der Waals surface area contributed by atoms with Crippen molar-refractivity contribution in [1.29, 1.82) is 0 Å². The molecule has 2 aromatic rings. The lowest BCUT2D eigenvalue weighted by Gasteiger charge is -2.51. The second-order valence-electron chi connectivity index (χ2n) is 8.93. The number of ether oxygens (including phenoxy) is 2. The van der Waals surface area contributed by atoms with E-state index in [9.17, 15) is 28.3 Å². The smallest absolute Gasteiger partial charge is 0.333 e. The highest BCUT2D eigenvalue weighted by Crippen LogP contribution is 2.46. The molecule has 0 radical (unpaired) electrons. The third-order valence-corrected chi connectivity index (χ3v) is 7.06. The summed E-state index contributed by atoms with van der Waals surface area (Å²) >= 11 is 11.3. The van der Waals surface area contributed by atoms with Crippen LogP contribution in [0, 0.1) is 11.6 Å². The van der Waals surface area contributed by atoms with Crippen molar-refractivity contribution >= 4 is 41.0 Å². The number of benzene rings is 2. The Hall–Kier alpha value is -3.37. The summed E-state index contributed by atoms with van der Waals surface area (Å²) in [5.74, 6) is -3.49. The molecule has 3 aliphatic carbocycles. The van der Waals surface area contributed by atoms with E-state index in [2.05, 4.69) is 10.6 Å². The minimum absolute atomic E-state index is 0.0446. The van der Waals surface area contributed by atoms with Crippen LogP contribution in [0.1, 0.15) is 25.7 Å². The van der Waals surface area contributed by atoms with Gasteiger partial charge in [0.2, 0.25) is 0 Å². The van der Waals surface area contributed by atoms with E-state index in [1.807, 2.05) is 0 Å². The van der Waals surface area contributed by atoms with Crippen molar-refractivity contribution in [1.82, 2.24) is 10.6 Å². The van der Waals surface area contributed by atoms with E-state index in [0.717, 1.165) is 12.1 Å². The predicted octanol–water partition coefficient (Wildman–Crippen LogP) is 4.04. The van der Waals surface area contributed by atoms with Crippen LogP contribution in [0.4, 0.5) is 8.78 Å². The van der Waals surface area contributed by atoms with Crippen LogP contribution < -0.4 is 20.1 Å². The molecule has 0 aromatic heterocycles. The minimum atomic E-state index is -1.23. The Morgan fingerprint density at radius 1 is 0.838 bits per heavy atom. The van der Waals surface area contributed by atoms with E-state index in [0.29, 0.717) is 12.8 Å².